The zero-order valence-electron chi connectivity index (χ0n) is 29.6. The zero-order valence-corrected chi connectivity index (χ0v) is 29.6. The van der Waals surface area contributed by atoms with E-state index in [1.807, 2.05) is 13.1 Å². The summed E-state index contributed by atoms with van der Waals surface area (Å²) in [5.41, 5.74) is 1.06. The molecule has 0 spiro atoms. The van der Waals surface area contributed by atoms with Gasteiger partial charge in [0.1, 0.15) is 17.6 Å². The van der Waals surface area contributed by atoms with E-state index in [-0.39, 0.29) is 22.5 Å². The van der Waals surface area contributed by atoms with Gasteiger partial charge in [-0.05, 0) is 75.3 Å². The molecule has 0 fully saturated rings. The molecule has 0 aromatic heterocycles. The number of allylic oxidation sites excluding steroid dienone is 5. The Kier molecular flexibility index (Phi) is 16.7. The van der Waals surface area contributed by atoms with E-state index in [4.69, 9.17) is 9.47 Å². The Morgan fingerprint density at radius 2 is 1.56 bits per heavy atom. The summed E-state index contributed by atoms with van der Waals surface area (Å²) in [6.45, 7) is 38.1. The topological polar surface area (TPSA) is 30.5 Å². The maximum atomic E-state index is 6.81. The van der Waals surface area contributed by atoms with Crippen LogP contribution in [-0.2, 0) is 9.47 Å². The fourth-order valence-electron chi connectivity index (χ4n) is 5.33. The number of ether oxygens (including phenoxy) is 2. The predicted molar refractivity (Wildman–Crippen MR) is 183 cm³/mol. The molecular weight excluding hydrogens is 502 g/mol. The molecule has 238 valence electrons. The average molecular weight is 572 g/mol. The van der Waals surface area contributed by atoms with E-state index < -0.39 is 5.41 Å². The average Bonchev–Trinajstić information content (AvgIpc) is 2.87. The fraction of sp³-hybridized carbons (Fsp3) is 0.737. The first-order valence-corrected chi connectivity index (χ1v) is 16.1. The van der Waals surface area contributed by atoms with Crippen molar-refractivity contribution in [3.8, 4) is 0 Å². The van der Waals surface area contributed by atoms with Crippen LogP contribution in [0.3, 0.4) is 0 Å². The minimum Gasteiger partial charge on any atom is -0.501 e. The Morgan fingerprint density at radius 1 is 0.951 bits per heavy atom. The molecule has 1 N–H and O–H groups in total. The van der Waals surface area contributed by atoms with E-state index in [0.29, 0.717) is 11.8 Å². The Morgan fingerprint density at radius 3 is 2.00 bits per heavy atom. The van der Waals surface area contributed by atoms with Crippen molar-refractivity contribution in [3.05, 3.63) is 61.1 Å². The van der Waals surface area contributed by atoms with Crippen molar-refractivity contribution in [2.24, 2.45) is 28.1 Å². The number of rotatable bonds is 21. The molecular formula is C38H69NO2. The van der Waals surface area contributed by atoms with Crippen molar-refractivity contribution in [1.82, 2.24) is 5.32 Å². The second-order valence-corrected chi connectivity index (χ2v) is 14.9. The Bertz CT molecular complexity index is 867. The van der Waals surface area contributed by atoms with Gasteiger partial charge in [0.05, 0.1) is 12.5 Å². The number of hydrogen-bond acceptors (Lipinski definition) is 3. The summed E-state index contributed by atoms with van der Waals surface area (Å²) in [6.07, 6.45) is 17.1. The van der Waals surface area contributed by atoms with E-state index >= 15 is 0 Å². The molecule has 3 heteroatoms. The third-order valence-corrected chi connectivity index (χ3v) is 9.05. The van der Waals surface area contributed by atoms with Crippen molar-refractivity contribution in [3.63, 3.8) is 0 Å². The molecule has 3 atom stereocenters. The molecule has 0 aliphatic heterocycles. The summed E-state index contributed by atoms with van der Waals surface area (Å²) < 4.78 is 12.7. The summed E-state index contributed by atoms with van der Waals surface area (Å²) in [5, 5.41) is 3.45. The number of methoxy groups -OCH3 is 1. The molecule has 0 aliphatic rings. The minimum atomic E-state index is -0.433. The van der Waals surface area contributed by atoms with E-state index in [1.54, 1.807) is 7.11 Å². The van der Waals surface area contributed by atoms with Crippen LogP contribution >= 0.6 is 0 Å². The van der Waals surface area contributed by atoms with Crippen molar-refractivity contribution in [2.75, 3.05) is 14.2 Å². The molecule has 0 amide bonds. The van der Waals surface area contributed by atoms with Gasteiger partial charge in [-0.3, -0.25) is 0 Å². The predicted octanol–water partition coefficient (Wildman–Crippen LogP) is 11.2. The van der Waals surface area contributed by atoms with Crippen molar-refractivity contribution in [1.29, 1.82) is 0 Å². The highest BCUT2D eigenvalue weighted by Gasteiger charge is 2.40. The van der Waals surface area contributed by atoms with Gasteiger partial charge in [0.25, 0.3) is 0 Å². The van der Waals surface area contributed by atoms with Crippen LogP contribution in [0.15, 0.2) is 61.1 Å². The van der Waals surface area contributed by atoms with Gasteiger partial charge in [-0.2, -0.15) is 0 Å². The van der Waals surface area contributed by atoms with Crippen LogP contribution in [0.5, 0.6) is 0 Å². The third-order valence-electron chi connectivity index (χ3n) is 9.05. The Balaban J connectivity index is 6.31. The van der Waals surface area contributed by atoms with Gasteiger partial charge in [-0.15, -0.1) is 0 Å². The lowest BCUT2D eigenvalue weighted by atomic mass is 9.73. The summed E-state index contributed by atoms with van der Waals surface area (Å²) in [5.74, 6) is 2.39. The first kappa shape index (κ1) is 39.3. The standard InChI is InChI=1S/C38H69NO2/c1-17-20-24-38(30(6)40-16,31(7)41-34(26-29(4)5)28-37(13,14)39-15)25-22-21-23-33(35(8,9)10)27-32(18-2)36(11,12)19-3/h18,21,23,27,29,33-34,39H,2,6-7,17,19-20,22,24-26,28H2,1,3-5,8-16H3/b23-21?,32-27+. The van der Waals surface area contributed by atoms with Gasteiger partial charge in [0.2, 0.25) is 0 Å². The molecule has 0 saturated heterocycles. The van der Waals surface area contributed by atoms with Crippen LogP contribution in [0.1, 0.15) is 128 Å². The van der Waals surface area contributed by atoms with E-state index in [9.17, 15) is 0 Å². The molecule has 0 bridgehead atoms. The van der Waals surface area contributed by atoms with Crippen molar-refractivity contribution < 1.29 is 9.47 Å². The molecule has 41 heavy (non-hydrogen) atoms. The van der Waals surface area contributed by atoms with Crippen molar-refractivity contribution in [2.45, 2.75) is 139 Å². The summed E-state index contributed by atoms with van der Waals surface area (Å²) >= 11 is 0. The molecule has 0 radical (unpaired) electrons. The van der Waals surface area contributed by atoms with Gasteiger partial charge in [-0.1, -0.05) is 119 Å². The highest BCUT2D eigenvalue weighted by atomic mass is 16.5. The largest absolute Gasteiger partial charge is 0.501 e. The Labute approximate surface area is 257 Å². The van der Waals surface area contributed by atoms with Crippen LogP contribution in [0.2, 0.25) is 0 Å². The monoisotopic (exact) mass is 572 g/mol. The van der Waals surface area contributed by atoms with E-state index in [1.165, 1.54) is 5.57 Å². The first-order chi connectivity index (χ1) is 18.8. The van der Waals surface area contributed by atoms with E-state index in [0.717, 1.165) is 62.9 Å². The maximum absolute atomic E-state index is 6.81. The molecule has 0 aromatic rings. The number of nitrogens with one attached hydrogen (secondary N) is 1. The number of unbranched alkanes of at least 4 members (excludes halogenated alkanes) is 1. The molecule has 0 aliphatic carbocycles. The van der Waals surface area contributed by atoms with Crippen LogP contribution < -0.4 is 5.32 Å². The van der Waals surface area contributed by atoms with Gasteiger partial charge in [0, 0.05) is 17.9 Å². The van der Waals surface area contributed by atoms with Crippen LogP contribution in [0.25, 0.3) is 0 Å². The smallest absolute Gasteiger partial charge is 0.103 e. The lowest BCUT2D eigenvalue weighted by Gasteiger charge is -2.39. The van der Waals surface area contributed by atoms with Gasteiger partial charge >= 0.3 is 0 Å². The fourth-order valence-corrected chi connectivity index (χ4v) is 5.33. The first-order valence-electron chi connectivity index (χ1n) is 16.1. The highest BCUT2D eigenvalue weighted by Crippen LogP contribution is 2.46. The quantitative estimate of drug-likeness (QED) is 0.0844. The third kappa shape index (κ3) is 13.0. The zero-order chi connectivity index (χ0) is 32.1. The normalized spacial score (nSPS) is 16.4. The molecule has 3 nitrogen and oxygen atoms in total. The van der Waals surface area contributed by atoms with Crippen molar-refractivity contribution >= 4 is 0 Å². The minimum absolute atomic E-state index is 0.0287. The van der Waals surface area contributed by atoms with Crippen LogP contribution in [0.4, 0.5) is 0 Å². The van der Waals surface area contributed by atoms with Gasteiger partial charge in [0.15, 0.2) is 0 Å². The molecule has 3 unspecified atom stereocenters. The Hall–Kier alpha value is -1.74. The lowest BCUT2D eigenvalue weighted by molar-refractivity contribution is 0.0181. The second kappa shape index (κ2) is 17.4. The summed E-state index contributed by atoms with van der Waals surface area (Å²) in [6, 6.07) is 0. The van der Waals surface area contributed by atoms with E-state index in [2.05, 4.69) is 119 Å². The lowest BCUT2D eigenvalue weighted by Crippen LogP contribution is -2.41. The number of hydrogen-bond donors (Lipinski definition) is 1. The van der Waals surface area contributed by atoms with Gasteiger partial charge < -0.3 is 14.8 Å². The SMILES string of the molecule is C=C/C(=C\C(C=CCCC(CCCC)(C(=C)OC)C(=C)OC(CC(C)C)CC(C)(C)NC)C(C)(C)C)C(C)(C)CC. The second-order valence-electron chi connectivity index (χ2n) is 14.9. The summed E-state index contributed by atoms with van der Waals surface area (Å²) in [4.78, 5) is 0. The maximum Gasteiger partial charge on any atom is 0.103 e. The van der Waals surface area contributed by atoms with Gasteiger partial charge in [-0.25, -0.2) is 0 Å². The molecule has 0 saturated carbocycles. The van der Waals surface area contributed by atoms with Crippen LogP contribution in [-0.4, -0.2) is 25.8 Å². The molecule has 0 heterocycles. The molecule has 0 aromatic carbocycles. The molecule has 0 rings (SSSR count). The highest BCUT2D eigenvalue weighted by molar-refractivity contribution is 5.27. The van der Waals surface area contributed by atoms with Crippen LogP contribution in [0, 0.1) is 28.1 Å². The summed E-state index contributed by atoms with van der Waals surface area (Å²) in [7, 11) is 3.75.